The number of benzene rings is 1. The van der Waals surface area contributed by atoms with Gasteiger partial charge in [0.15, 0.2) is 0 Å². The molecule has 0 saturated heterocycles. The average molecular weight is 253 g/mol. The van der Waals surface area contributed by atoms with E-state index in [1.807, 2.05) is 30.1 Å². The highest BCUT2D eigenvalue weighted by Crippen LogP contribution is 2.34. The van der Waals surface area contributed by atoms with Gasteiger partial charge in [0, 0.05) is 24.8 Å². The number of rotatable bonds is 6. The Morgan fingerprint density at radius 1 is 1.28 bits per heavy atom. The van der Waals surface area contributed by atoms with E-state index in [0.717, 1.165) is 17.8 Å². The first-order valence-electron chi connectivity index (χ1n) is 6.21. The fourth-order valence-corrected chi connectivity index (χ4v) is 1.96. The van der Waals surface area contributed by atoms with Crippen molar-refractivity contribution < 1.29 is 14.9 Å². The van der Waals surface area contributed by atoms with Crippen molar-refractivity contribution in [3.63, 3.8) is 0 Å². The Hall–Kier alpha value is -1.26. The second-order valence-corrected chi connectivity index (χ2v) is 4.63. The summed E-state index contributed by atoms with van der Waals surface area (Å²) in [6, 6.07) is 5.69. The molecular formula is C14H23NO3. The summed E-state index contributed by atoms with van der Waals surface area (Å²) < 4.78 is 5.29. The highest BCUT2D eigenvalue weighted by Gasteiger charge is 2.16. The molecule has 1 aromatic carbocycles. The molecule has 1 unspecified atom stereocenters. The van der Waals surface area contributed by atoms with Gasteiger partial charge in [-0.1, -0.05) is 6.07 Å². The quantitative estimate of drug-likeness (QED) is 0.813. The van der Waals surface area contributed by atoms with Crippen molar-refractivity contribution in [3.8, 4) is 5.75 Å². The zero-order valence-electron chi connectivity index (χ0n) is 11.6. The first-order valence-corrected chi connectivity index (χ1v) is 6.21. The Morgan fingerprint density at radius 3 is 2.44 bits per heavy atom. The van der Waals surface area contributed by atoms with Crippen molar-refractivity contribution in [1.82, 2.24) is 0 Å². The number of methoxy groups -OCH3 is 1. The molecule has 1 rings (SSSR count). The second-order valence-electron chi connectivity index (χ2n) is 4.63. The Kier molecular flexibility index (Phi) is 5.44. The van der Waals surface area contributed by atoms with Crippen molar-refractivity contribution in [2.45, 2.75) is 32.5 Å². The molecule has 4 heteroatoms. The molecule has 0 bridgehead atoms. The Balaban J connectivity index is 2.99. The van der Waals surface area contributed by atoms with E-state index in [1.165, 1.54) is 0 Å². The molecule has 2 atom stereocenters. The maximum atomic E-state index is 9.89. The van der Waals surface area contributed by atoms with Crippen LogP contribution in [0.25, 0.3) is 0 Å². The van der Waals surface area contributed by atoms with E-state index in [4.69, 9.17) is 4.74 Å². The molecule has 2 N–H and O–H groups in total. The molecule has 4 nitrogen and oxygen atoms in total. The summed E-state index contributed by atoms with van der Waals surface area (Å²) in [6.45, 7) is 4.23. The molecule has 0 amide bonds. The molecule has 0 aliphatic rings. The molecule has 0 fully saturated rings. The van der Waals surface area contributed by atoms with Crippen LogP contribution in [0.5, 0.6) is 5.75 Å². The molecule has 0 aromatic heterocycles. The molecule has 0 radical (unpaired) electrons. The minimum absolute atomic E-state index is 0.326. The summed E-state index contributed by atoms with van der Waals surface area (Å²) in [5.74, 6) is 0.686. The van der Waals surface area contributed by atoms with Gasteiger partial charge in [-0.15, -0.1) is 0 Å². The van der Waals surface area contributed by atoms with Crippen molar-refractivity contribution in [2.75, 3.05) is 25.6 Å². The summed E-state index contributed by atoms with van der Waals surface area (Å²) in [5.41, 5.74) is 1.72. The maximum absolute atomic E-state index is 9.89. The SMILES string of the molecule is COc1cccc(N(C)CCC(C)O)c1[C@@H](C)O. The Labute approximate surface area is 109 Å². The van der Waals surface area contributed by atoms with Gasteiger partial charge in [0.25, 0.3) is 0 Å². The third-order valence-corrected chi connectivity index (χ3v) is 2.97. The van der Waals surface area contributed by atoms with Crippen LogP contribution in [0.2, 0.25) is 0 Å². The van der Waals surface area contributed by atoms with Crippen LogP contribution >= 0.6 is 0 Å². The van der Waals surface area contributed by atoms with Crippen LogP contribution in [0.1, 0.15) is 31.9 Å². The van der Waals surface area contributed by atoms with Gasteiger partial charge in [-0.25, -0.2) is 0 Å². The molecule has 1 aromatic rings. The number of nitrogens with zero attached hydrogens (tertiary/aromatic N) is 1. The first-order chi connectivity index (χ1) is 8.47. The van der Waals surface area contributed by atoms with Gasteiger partial charge >= 0.3 is 0 Å². The highest BCUT2D eigenvalue weighted by atomic mass is 16.5. The lowest BCUT2D eigenvalue weighted by Gasteiger charge is -2.25. The zero-order valence-corrected chi connectivity index (χ0v) is 11.6. The molecule has 0 saturated carbocycles. The summed E-state index contributed by atoms with van der Waals surface area (Å²) in [5, 5.41) is 19.2. The number of ether oxygens (including phenoxy) is 1. The average Bonchev–Trinajstić information content (AvgIpc) is 2.34. The van der Waals surface area contributed by atoms with E-state index in [9.17, 15) is 10.2 Å². The van der Waals surface area contributed by atoms with E-state index in [0.29, 0.717) is 12.2 Å². The van der Waals surface area contributed by atoms with Gasteiger partial charge in [-0.2, -0.15) is 0 Å². The third-order valence-electron chi connectivity index (χ3n) is 2.97. The monoisotopic (exact) mass is 253 g/mol. The van der Waals surface area contributed by atoms with Gasteiger partial charge in [-0.3, -0.25) is 0 Å². The molecule has 0 aliphatic heterocycles. The third kappa shape index (κ3) is 3.62. The largest absolute Gasteiger partial charge is 0.496 e. The fraction of sp³-hybridized carbons (Fsp3) is 0.571. The van der Waals surface area contributed by atoms with E-state index in [2.05, 4.69) is 0 Å². The predicted molar refractivity (Wildman–Crippen MR) is 73.2 cm³/mol. The van der Waals surface area contributed by atoms with E-state index in [-0.39, 0.29) is 6.10 Å². The van der Waals surface area contributed by atoms with Gasteiger partial charge in [0.2, 0.25) is 0 Å². The number of hydrogen-bond acceptors (Lipinski definition) is 4. The molecule has 0 spiro atoms. The summed E-state index contributed by atoms with van der Waals surface area (Å²) in [4.78, 5) is 2.03. The van der Waals surface area contributed by atoms with Crippen molar-refractivity contribution >= 4 is 5.69 Å². The molecule has 102 valence electrons. The normalized spacial score (nSPS) is 14.1. The van der Waals surface area contributed by atoms with Crippen LogP contribution in [0.15, 0.2) is 18.2 Å². The van der Waals surface area contributed by atoms with Crippen LogP contribution in [0.3, 0.4) is 0 Å². The van der Waals surface area contributed by atoms with Crippen molar-refractivity contribution in [1.29, 1.82) is 0 Å². The number of aliphatic hydroxyl groups is 2. The molecule has 0 heterocycles. The van der Waals surface area contributed by atoms with Crippen LogP contribution in [-0.4, -0.2) is 37.0 Å². The molecule has 18 heavy (non-hydrogen) atoms. The smallest absolute Gasteiger partial charge is 0.126 e. The highest BCUT2D eigenvalue weighted by molar-refractivity contribution is 5.60. The molecular weight excluding hydrogens is 230 g/mol. The number of aliphatic hydroxyl groups excluding tert-OH is 2. The Bertz CT molecular complexity index is 377. The van der Waals surface area contributed by atoms with Gasteiger partial charge in [0.05, 0.1) is 19.3 Å². The first kappa shape index (κ1) is 14.8. The second kappa shape index (κ2) is 6.61. The van der Waals surface area contributed by atoms with E-state index >= 15 is 0 Å². The lowest BCUT2D eigenvalue weighted by Crippen LogP contribution is -2.23. The van der Waals surface area contributed by atoms with Crippen molar-refractivity contribution in [3.05, 3.63) is 23.8 Å². The van der Waals surface area contributed by atoms with E-state index < -0.39 is 6.10 Å². The standard InChI is InChI=1S/C14H23NO3/c1-10(16)8-9-15(3)12-6-5-7-13(18-4)14(12)11(2)17/h5-7,10-11,16-17H,8-9H2,1-4H3/t10?,11-/m1/s1. The topological polar surface area (TPSA) is 52.9 Å². The van der Waals surface area contributed by atoms with Crippen LogP contribution in [-0.2, 0) is 0 Å². The lowest BCUT2D eigenvalue weighted by atomic mass is 10.1. The fourth-order valence-electron chi connectivity index (χ4n) is 1.96. The number of hydrogen-bond donors (Lipinski definition) is 2. The van der Waals surface area contributed by atoms with Gasteiger partial charge in [0.1, 0.15) is 5.75 Å². The summed E-state index contributed by atoms with van der Waals surface area (Å²) >= 11 is 0. The summed E-state index contributed by atoms with van der Waals surface area (Å²) in [6.07, 6.45) is -0.231. The Morgan fingerprint density at radius 2 is 1.94 bits per heavy atom. The lowest BCUT2D eigenvalue weighted by molar-refractivity contribution is 0.186. The number of anilines is 1. The van der Waals surface area contributed by atoms with Gasteiger partial charge in [-0.05, 0) is 32.4 Å². The van der Waals surface area contributed by atoms with Crippen LogP contribution in [0, 0.1) is 0 Å². The van der Waals surface area contributed by atoms with E-state index in [1.54, 1.807) is 21.0 Å². The molecule has 0 aliphatic carbocycles. The minimum Gasteiger partial charge on any atom is -0.496 e. The maximum Gasteiger partial charge on any atom is 0.126 e. The summed E-state index contributed by atoms with van der Waals surface area (Å²) in [7, 11) is 3.55. The zero-order chi connectivity index (χ0) is 13.7. The van der Waals surface area contributed by atoms with Crippen molar-refractivity contribution in [2.24, 2.45) is 0 Å². The van der Waals surface area contributed by atoms with Crippen LogP contribution in [0.4, 0.5) is 5.69 Å². The van der Waals surface area contributed by atoms with Gasteiger partial charge < -0.3 is 19.8 Å². The minimum atomic E-state index is -0.592. The predicted octanol–water partition coefficient (Wildman–Crippen LogP) is 1.96. The van der Waals surface area contributed by atoms with Crippen LogP contribution < -0.4 is 9.64 Å².